The van der Waals surface area contributed by atoms with E-state index in [-0.39, 0.29) is 18.1 Å². The lowest BCUT2D eigenvalue weighted by Gasteiger charge is -2.08. The standard InChI is InChI=1S/C10H13NO5S/c1-8-10(17(2,13)14)5-9(6-11-8)16-4-3-15-7-12/h5-7H,3-4H2,1-2H3. The molecule has 7 heteroatoms. The van der Waals surface area contributed by atoms with E-state index >= 15 is 0 Å². The fourth-order valence-electron chi connectivity index (χ4n) is 1.21. The molecule has 0 atom stereocenters. The number of sulfone groups is 1. The van der Waals surface area contributed by atoms with Crippen LogP contribution in [-0.2, 0) is 19.4 Å². The number of hydrogen-bond acceptors (Lipinski definition) is 6. The second-order valence-electron chi connectivity index (χ2n) is 3.34. The molecule has 0 amide bonds. The van der Waals surface area contributed by atoms with Gasteiger partial charge in [-0.1, -0.05) is 0 Å². The molecule has 0 fully saturated rings. The number of aryl methyl sites for hydroxylation is 1. The summed E-state index contributed by atoms with van der Waals surface area (Å²) in [5, 5.41) is 0. The largest absolute Gasteiger partial charge is 0.488 e. The van der Waals surface area contributed by atoms with E-state index in [2.05, 4.69) is 9.72 Å². The van der Waals surface area contributed by atoms with E-state index in [1.165, 1.54) is 12.3 Å². The van der Waals surface area contributed by atoms with Crippen molar-refractivity contribution in [2.45, 2.75) is 11.8 Å². The third kappa shape index (κ3) is 4.03. The van der Waals surface area contributed by atoms with Crippen LogP contribution in [0.15, 0.2) is 17.2 Å². The summed E-state index contributed by atoms with van der Waals surface area (Å²) in [4.78, 5) is 13.9. The lowest BCUT2D eigenvalue weighted by Crippen LogP contribution is -2.07. The van der Waals surface area contributed by atoms with Crippen LogP contribution in [0.3, 0.4) is 0 Å². The summed E-state index contributed by atoms with van der Waals surface area (Å²) in [6, 6.07) is 1.40. The van der Waals surface area contributed by atoms with Gasteiger partial charge in [-0.3, -0.25) is 9.78 Å². The molecule has 0 aliphatic heterocycles. The molecule has 94 valence electrons. The molecule has 0 N–H and O–H groups in total. The third-order valence-corrected chi connectivity index (χ3v) is 3.17. The number of nitrogens with zero attached hydrogens (tertiary/aromatic N) is 1. The summed E-state index contributed by atoms with van der Waals surface area (Å²) in [6.07, 6.45) is 2.53. The molecule has 0 aromatic carbocycles. The minimum atomic E-state index is -3.32. The number of pyridine rings is 1. The Morgan fingerprint density at radius 3 is 2.71 bits per heavy atom. The van der Waals surface area contributed by atoms with Gasteiger partial charge in [0.05, 0.1) is 16.8 Å². The van der Waals surface area contributed by atoms with Crippen LogP contribution in [0.1, 0.15) is 5.69 Å². The van der Waals surface area contributed by atoms with Gasteiger partial charge in [-0.2, -0.15) is 0 Å². The summed E-state index contributed by atoms with van der Waals surface area (Å²) in [6.45, 7) is 2.17. The van der Waals surface area contributed by atoms with E-state index in [0.717, 1.165) is 6.26 Å². The summed E-state index contributed by atoms with van der Waals surface area (Å²) >= 11 is 0. The van der Waals surface area contributed by atoms with Gasteiger partial charge in [0.1, 0.15) is 19.0 Å². The summed E-state index contributed by atoms with van der Waals surface area (Å²) in [5.74, 6) is 0.325. The second kappa shape index (κ2) is 5.62. The molecular weight excluding hydrogens is 246 g/mol. The Hall–Kier alpha value is -1.63. The van der Waals surface area contributed by atoms with Crippen LogP contribution in [0.5, 0.6) is 5.75 Å². The maximum absolute atomic E-state index is 11.4. The third-order valence-electron chi connectivity index (χ3n) is 1.95. The number of carbonyl (C=O) groups excluding carboxylic acids is 1. The zero-order valence-corrected chi connectivity index (χ0v) is 10.4. The van der Waals surface area contributed by atoms with Gasteiger partial charge < -0.3 is 9.47 Å². The average molecular weight is 259 g/mol. The highest BCUT2D eigenvalue weighted by Gasteiger charge is 2.13. The number of rotatable bonds is 6. The quantitative estimate of drug-likeness (QED) is 0.541. The Labute approximate surface area is 99.5 Å². The van der Waals surface area contributed by atoms with Crippen LogP contribution in [-0.4, -0.2) is 39.3 Å². The second-order valence-corrected chi connectivity index (χ2v) is 5.33. The SMILES string of the molecule is Cc1ncc(OCCOC=O)cc1S(C)(=O)=O. The maximum atomic E-state index is 11.4. The van der Waals surface area contributed by atoms with Gasteiger partial charge >= 0.3 is 0 Å². The molecule has 0 aliphatic rings. The lowest BCUT2D eigenvalue weighted by molar-refractivity contribution is -0.129. The molecule has 0 saturated carbocycles. The predicted molar refractivity (Wildman–Crippen MR) is 59.6 cm³/mol. The monoisotopic (exact) mass is 259 g/mol. The van der Waals surface area contributed by atoms with Crippen molar-refractivity contribution in [3.8, 4) is 5.75 Å². The smallest absolute Gasteiger partial charge is 0.293 e. The van der Waals surface area contributed by atoms with Crippen LogP contribution in [0.25, 0.3) is 0 Å². The number of ether oxygens (including phenoxy) is 2. The highest BCUT2D eigenvalue weighted by Crippen LogP contribution is 2.19. The predicted octanol–water partition coefficient (Wildman–Crippen LogP) is 0.345. The minimum Gasteiger partial charge on any atom is -0.488 e. The first-order valence-corrected chi connectivity index (χ1v) is 6.69. The lowest BCUT2D eigenvalue weighted by atomic mass is 10.4. The van der Waals surface area contributed by atoms with Crippen LogP contribution in [0, 0.1) is 6.92 Å². The molecule has 0 unspecified atom stereocenters. The number of hydrogen-bond donors (Lipinski definition) is 0. The molecule has 0 saturated heterocycles. The van der Waals surface area contributed by atoms with Crippen molar-refractivity contribution in [1.29, 1.82) is 0 Å². The van der Waals surface area contributed by atoms with E-state index in [1.54, 1.807) is 6.92 Å². The van der Waals surface area contributed by atoms with Gasteiger partial charge in [0, 0.05) is 12.3 Å². The fraction of sp³-hybridized carbons (Fsp3) is 0.400. The molecule has 0 radical (unpaired) electrons. The van der Waals surface area contributed by atoms with Gasteiger partial charge in [-0.25, -0.2) is 8.42 Å². The van der Waals surface area contributed by atoms with Crippen molar-refractivity contribution in [1.82, 2.24) is 4.98 Å². The molecule has 6 nitrogen and oxygen atoms in total. The van der Waals surface area contributed by atoms with Crippen molar-refractivity contribution >= 4 is 16.3 Å². The van der Waals surface area contributed by atoms with Crippen molar-refractivity contribution in [2.75, 3.05) is 19.5 Å². The van der Waals surface area contributed by atoms with Gasteiger partial charge in [-0.05, 0) is 6.92 Å². The van der Waals surface area contributed by atoms with Crippen LogP contribution < -0.4 is 4.74 Å². The number of aromatic nitrogens is 1. The van der Waals surface area contributed by atoms with E-state index in [4.69, 9.17) is 4.74 Å². The van der Waals surface area contributed by atoms with E-state index in [0.29, 0.717) is 17.9 Å². The van der Waals surface area contributed by atoms with Crippen LogP contribution in [0.2, 0.25) is 0 Å². The van der Waals surface area contributed by atoms with Crippen molar-refractivity contribution in [3.63, 3.8) is 0 Å². The summed E-state index contributed by atoms with van der Waals surface area (Å²) < 4.78 is 32.5. The van der Waals surface area contributed by atoms with E-state index < -0.39 is 9.84 Å². The Kier molecular flexibility index (Phi) is 4.45. The molecule has 1 rings (SSSR count). The zero-order valence-electron chi connectivity index (χ0n) is 9.54. The Bertz CT molecular complexity index is 497. The van der Waals surface area contributed by atoms with Gasteiger partial charge in [0.15, 0.2) is 9.84 Å². The molecule has 0 spiro atoms. The molecular formula is C10H13NO5S. The van der Waals surface area contributed by atoms with Crippen molar-refractivity contribution < 1.29 is 22.7 Å². The molecule has 0 bridgehead atoms. The van der Waals surface area contributed by atoms with Crippen LogP contribution >= 0.6 is 0 Å². The van der Waals surface area contributed by atoms with Crippen molar-refractivity contribution in [3.05, 3.63) is 18.0 Å². The van der Waals surface area contributed by atoms with Gasteiger partial charge in [0.25, 0.3) is 6.47 Å². The topological polar surface area (TPSA) is 82.6 Å². The molecule has 0 aliphatic carbocycles. The molecule has 17 heavy (non-hydrogen) atoms. The first kappa shape index (κ1) is 13.4. The van der Waals surface area contributed by atoms with E-state index in [9.17, 15) is 13.2 Å². The minimum absolute atomic E-state index is 0.103. The highest BCUT2D eigenvalue weighted by molar-refractivity contribution is 7.90. The maximum Gasteiger partial charge on any atom is 0.293 e. The first-order valence-electron chi connectivity index (χ1n) is 4.80. The van der Waals surface area contributed by atoms with E-state index in [1.807, 2.05) is 0 Å². The molecule has 1 aromatic heterocycles. The Morgan fingerprint density at radius 2 is 2.12 bits per heavy atom. The molecule has 1 heterocycles. The van der Waals surface area contributed by atoms with Crippen molar-refractivity contribution in [2.24, 2.45) is 0 Å². The Balaban J connectivity index is 2.79. The summed E-state index contributed by atoms with van der Waals surface area (Å²) in [5.41, 5.74) is 0.420. The fourth-order valence-corrected chi connectivity index (χ4v) is 2.12. The first-order chi connectivity index (χ1) is 7.95. The average Bonchev–Trinajstić information content (AvgIpc) is 2.25. The normalized spacial score (nSPS) is 10.9. The highest BCUT2D eigenvalue weighted by atomic mass is 32.2. The summed E-state index contributed by atoms with van der Waals surface area (Å²) in [7, 11) is -3.32. The van der Waals surface area contributed by atoms with Gasteiger partial charge in [0.2, 0.25) is 0 Å². The number of carbonyl (C=O) groups is 1. The zero-order chi connectivity index (χ0) is 12.9. The Morgan fingerprint density at radius 1 is 1.41 bits per heavy atom. The van der Waals surface area contributed by atoms with Gasteiger partial charge in [-0.15, -0.1) is 0 Å². The molecule has 1 aromatic rings. The van der Waals surface area contributed by atoms with Crippen LogP contribution in [0.4, 0.5) is 0 Å².